The highest BCUT2D eigenvalue weighted by molar-refractivity contribution is 5.90. The van der Waals surface area contributed by atoms with Crippen molar-refractivity contribution in [3.63, 3.8) is 0 Å². The molecule has 0 aliphatic carbocycles. The Morgan fingerprint density at radius 2 is 2.28 bits per heavy atom. The molecule has 1 unspecified atom stereocenters. The first-order chi connectivity index (χ1) is 8.69. The van der Waals surface area contributed by atoms with Crippen molar-refractivity contribution in [3.8, 4) is 0 Å². The van der Waals surface area contributed by atoms with Crippen molar-refractivity contribution in [3.05, 3.63) is 66.8 Å². The Kier molecular flexibility index (Phi) is 3.25. The summed E-state index contributed by atoms with van der Waals surface area (Å²) < 4.78 is 0. The number of nitrogens with one attached hydrogen (secondary N) is 1. The molecule has 1 aliphatic heterocycles. The van der Waals surface area contributed by atoms with Gasteiger partial charge in [0.25, 0.3) is 0 Å². The van der Waals surface area contributed by atoms with Crippen molar-refractivity contribution in [1.29, 1.82) is 0 Å². The smallest absolute Gasteiger partial charge is 0.335 e. The van der Waals surface area contributed by atoms with Crippen LogP contribution in [-0.4, -0.2) is 21.1 Å². The van der Waals surface area contributed by atoms with Crippen LogP contribution in [0.3, 0.4) is 0 Å². The van der Waals surface area contributed by atoms with E-state index in [4.69, 9.17) is 0 Å². The maximum absolute atomic E-state index is 11.4. The summed E-state index contributed by atoms with van der Waals surface area (Å²) in [6.45, 7) is 7.26. The summed E-state index contributed by atoms with van der Waals surface area (Å²) in [4.78, 5) is 15.6. The third-order valence-corrected chi connectivity index (χ3v) is 2.68. The topological polar surface area (TPSA) is 65.5 Å². The number of pyridine rings is 1. The Bertz CT molecular complexity index is 522. The van der Waals surface area contributed by atoms with Crippen molar-refractivity contribution >= 4 is 5.97 Å². The molecule has 0 saturated carbocycles. The van der Waals surface area contributed by atoms with Gasteiger partial charge in [-0.2, -0.15) is 0 Å². The molecule has 2 N–H and O–H groups in total. The molecule has 0 fully saturated rings. The second-order valence-electron chi connectivity index (χ2n) is 3.68. The van der Waals surface area contributed by atoms with Crippen LogP contribution in [0, 0.1) is 0 Å². The standard InChI is InChI=1S/C13H13N3O2/c1-3-10-11(13(17)18)12(15-16(10)4-2)9-7-5-6-8-14-9/h3-8,12,15H,1-2H2,(H,17,18). The summed E-state index contributed by atoms with van der Waals surface area (Å²) in [6.07, 6.45) is 4.62. The number of hydrazine groups is 1. The van der Waals surface area contributed by atoms with Gasteiger partial charge in [-0.05, 0) is 18.2 Å². The van der Waals surface area contributed by atoms with Gasteiger partial charge in [-0.1, -0.05) is 19.2 Å². The number of carboxylic acids is 1. The fourth-order valence-corrected chi connectivity index (χ4v) is 1.90. The molecular weight excluding hydrogens is 230 g/mol. The Morgan fingerprint density at radius 1 is 1.50 bits per heavy atom. The Balaban J connectivity index is 2.50. The number of rotatable bonds is 4. The molecule has 0 bridgehead atoms. The number of allylic oxidation sites excluding steroid dienone is 1. The molecule has 1 atom stereocenters. The summed E-state index contributed by atoms with van der Waals surface area (Å²) >= 11 is 0. The zero-order valence-corrected chi connectivity index (χ0v) is 9.71. The minimum Gasteiger partial charge on any atom is -0.478 e. The van der Waals surface area contributed by atoms with Gasteiger partial charge >= 0.3 is 5.97 Å². The first kappa shape index (κ1) is 12.1. The number of aliphatic carboxylic acids is 1. The van der Waals surface area contributed by atoms with Crippen molar-refractivity contribution in [2.45, 2.75) is 6.04 Å². The Hall–Kier alpha value is -2.40. The largest absolute Gasteiger partial charge is 0.478 e. The quantitative estimate of drug-likeness (QED) is 0.841. The molecule has 2 rings (SSSR count). The predicted molar refractivity (Wildman–Crippen MR) is 67.0 cm³/mol. The third-order valence-electron chi connectivity index (χ3n) is 2.68. The molecule has 5 heteroatoms. The van der Waals surface area contributed by atoms with Crippen LogP contribution in [-0.2, 0) is 4.79 Å². The lowest BCUT2D eigenvalue weighted by Gasteiger charge is -2.17. The molecule has 92 valence electrons. The molecule has 0 aromatic carbocycles. The van der Waals surface area contributed by atoms with Crippen LogP contribution in [0.4, 0.5) is 0 Å². The van der Waals surface area contributed by atoms with Gasteiger partial charge in [-0.3, -0.25) is 9.99 Å². The highest BCUT2D eigenvalue weighted by atomic mass is 16.4. The van der Waals surface area contributed by atoms with E-state index in [2.05, 4.69) is 23.6 Å². The molecule has 1 aromatic heterocycles. The summed E-state index contributed by atoms with van der Waals surface area (Å²) in [5.41, 5.74) is 4.35. The summed E-state index contributed by atoms with van der Waals surface area (Å²) in [7, 11) is 0. The number of hydrogen-bond donors (Lipinski definition) is 2. The molecule has 5 nitrogen and oxygen atoms in total. The van der Waals surface area contributed by atoms with Gasteiger partial charge in [0, 0.05) is 12.4 Å². The second kappa shape index (κ2) is 4.85. The van der Waals surface area contributed by atoms with Crippen LogP contribution in [0.15, 0.2) is 61.1 Å². The molecule has 18 heavy (non-hydrogen) atoms. The van der Waals surface area contributed by atoms with Crippen molar-refractivity contribution in [2.75, 3.05) is 0 Å². The lowest BCUT2D eigenvalue weighted by atomic mass is 10.0. The zero-order valence-electron chi connectivity index (χ0n) is 9.71. The number of aromatic nitrogens is 1. The predicted octanol–water partition coefficient (Wildman–Crippen LogP) is 1.61. The van der Waals surface area contributed by atoms with E-state index in [1.54, 1.807) is 18.3 Å². The van der Waals surface area contributed by atoms with Crippen LogP contribution in [0.1, 0.15) is 11.7 Å². The molecule has 0 saturated heterocycles. The first-order valence-electron chi connectivity index (χ1n) is 5.37. The van der Waals surface area contributed by atoms with Crippen molar-refractivity contribution in [1.82, 2.24) is 15.4 Å². The Morgan fingerprint density at radius 3 is 2.78 bits per heavy atom. The molecule has 0 radical (unpaired) electrons. The maximum atomic E-state index is 11.4. The van der Waals surface area contributed by atoms with Crippen LogP contribution in [0.25, 0.3) is 0 Å². The maximum Gasteiger partial charge on any atom is 0.335 e. The van der Waals surface area contributed by atoms with Crippen LogP contribution >= 0.6 is 0 Å². The van der Waals surface area contributed by atoms with Gasteiger partial charge < -0.3 is 5.11 Å². The number of nitrogens with zero attached hydrogens (tertiary/aromatic N) is 2. The molecular formula is C13H13N3O2. The highest BCUT2D eigenvalue weighted by Gasteiger charge is 2.34. The Labute approximate surface area is 105 Å². The van der Waals surface area contributed by atoms with Gasteiger partial charge in [0.15, 0.2) is 0 Å². The van der Waals surface area contributed by atoms with E-state index in [-0.39, 0.29) is 5.57 Å². The number of carboxylic acid groups (broad SMARTS) is 1. The lowest BCUT2D eigenvalue weighted by Crippen LogP contribution is -2.29. The number of carbonyl (C=O) groups is 1. The van der Waals surface area contributed by atoms with E-state index >= 15 is 0 Å². The van der Waals surface area contributed by atoms with E-state index in [0.29, 0.717) is 11.4 Å². The van der Waals surface area contributed by atoms with Gasteiger partial charge in [-0.25, -0.2) is 10.2 Å². The van der Waals surface area contributed by atoms with Crippen LogP contribution in [0.5, 0.6) is 0 Å². The molecule has 0 amide bonds. The summed E-state index contributed by atoms with van der Waals surface area (Å²) in [5, 5.41) is 10.9. The van der Waals surface area contributed by atoms with Crippen molar-refractivity contribution in [2.24, 2.45) is 0 Å². The fourth-order valence-electron chi connectivity index (χ4n) is 1.90. The van der Waals surface area contributed by atoms with Crippen LogP contribution in [0.2, 0.25) is 0 Å². The normalized spacial score (nSPS) is 18.9. The molecule has 2 heterocycles. The van der Waals surface area contributed by atoms with Gasteiger partial charge in [-0.15, -0.1) is 0 Å². The summed E-state index contributed by atoms with van der Waals surface area (Å²) in [6, 6.07) is 4.86. The zero-order chi connectivity index (χ0) is 13.1. The van der Waals surface area contributed by atoms with E-state index in [1.165, 1.54) is 17.3 Å². The second-order valence-corrected chi connectivity index (χ2v) is 3.68. The van der Waals surface area contributed by atoms with Gasteiger partial charge in [0.1, 0.15) is 6.04 Å². The molecule has 1 aromatic rings. The monoisotopic (exact) mass is 243 g/mol. The summed E-state index contributed by atoms with van der Waals surface area (Å²) in [5.74, 6) is -1.00. The lowest BCUT2D eigenvalue weighted by molar-refractivity contribution is -0.133. The fraction of sp³-hybridized carbons (Fsp3) is 0.0769. The van der Waals surface area contributed by atoms with Crippen molar-refractivity contribution < 1.29 is 9.90 Å². The third kappa shape index (κ3) is 1.91. The SMILES string of the molecule is C=CC1=C(C(=O)O)C(c2ccccn2)NN1C=C. The average Bonchev–Trinajstić information content (AvgIpc) is 2.78. The highest BCUT2D eigenvalue weighted by Crippen LogP contribution is 2.31. The van der Waals surface area contributed by atoms with E-state index in [0.717, 1.165) is 0 Å². The first-order valence-corrected chi connectivity index (χ1v) is 5.37. The van der Waals surface area contributed by atoms with E-state index < -0.39 is 12.0 Å². The minimum atomic E-state index is -1.00. The average molecular weight is 243 g/mol. The molecule has 0 spiro atoms. The minimum absolute atomic E-state index is 0.212. The van der Waals surface area contributed by atoms with E-state index in [1.807, 2.05) is 6.07 Å². The van der Waals surface area contributed by atoms with Gasteiger partial charge in [0.2, 0.25) is 0 Å². The van der Waals surface area contributed by atoms with E-state index in [9.17, 15) is 9.90 Å². The van der Waals surface area contributed by atoms with Gasteiger partial charge in [0.05, 0.1) is 17.0 Å². The number of hydrogen-bond acceptors (Lipinski definition) is 4. The molecule has 1 aliphatic rings. The van der Waals surface area contributed by atoms with Crippen LogP contribution < -0.4 is 5.43 Å².